The van der Waals surface area contributed by atoms with E-state index >= 15 is 0 Å². The topological polar surface area (TPSA) is 46.9 Å². The number of hydrogen-bond acceptors (Lipinski definition) is 2. The minimum atomic E-state index is -0.575. The lowest BCUT2D eigenvalue weighted by molar-refractivity contribution is -0.124. The molecule has 0 bridgehead atoms. The molecule has 0 unspecified atom stereocenters. The standard InChI is InChI=1S/C18H22FN3O/c1-12-9-15(22(4)21-12)10-20-16(23)18(11-17(18,2)3)13-5-7-14(19)8-6-13/h5-9H,10-11H2,1-4H3,(H,20,23)/t18-/m1/s1. The Hall–Kier alpha value is -2.17. The SMILES string of the molecule is Cc1cc(CNC(=O)[C@]2(c3ccc(F)cc3)CC2(C)C)n(C)n1. The molecule has 1 aromatic carbocycles. The predicted octanol–water partition coefficient (Wildman–Crippen LogP) is 2.85. The second-order valence-electron chi connectivity index (χ2n) is 7.06. The molecule has 1 N–H and O–H groups in total. The molecule has 23 heavy (non-hydrogen) atoms. The third-order valence-electron chi connectivity index (χ3n) is 4.99. The van der Waals surface area contributed by atoms with Gasteiger partial charge in [-0.1, -0.05) is 26.0 Å². The van der Waals surface area contributed by atoms with Gasteiger partial charge in [0.2, 0.25) is 5.91 Å². The van der Waals surface area contributed by atoms with Crippen LogP contribution in [0, 0.1) is 18.2 Å². The van der Waals surface area contributed by atoms with E-state index in [2.05, 4.69) is 24.3 Å². The molecule has 1 aromatic heterocycles. The van der Waals surface area contributed by atoms with Crippen LogP contribution in [0.3, 0.4) is 0 Å². The molecule has 4 nitrogen and oxygen atoms in total. The van der Waals surface area contributed by atoms with Crippen molar-refractivity contribution >= 4 is 5.91 Å². The Morgan fingerprint density at radius 3 is 2.43 bits per heavy atom. The van der Waals surface area contributed by atoms with Crippen molar-refractivity contribution in [3.8, 4) is 0 Å². The Kier molecular flexibility index (Phi) is 3.54. The van der Waals surface area contributed by atoms with Crippen molar-refractivity contribution < 1.29 is 9.18 Å². The largest absolute Gasteiger partial charge is 0.350 e. The Labute approximate surface area is 135 Å². The number of benzene rings is 1. The quantitative estimate of drug-likeness (QED) is 0.943. The lowest BCUT2D eigenvalue weighted by Gasteiger charge is -2.20. The first kappa shape index (κ1) is 15.7. The summed E-state index contributed by atoms with van der Waals surface area (Å²) in [6, 6.07) is 8.24. The first-order chi connectivity index (χ1) is 10.8. The molecule has 0 radical (unpaired) electrons. The van der Waals surface area contributed by atoms with Crippen LogP contribution in [-0.2, 0) is 23.8 Å². The molecule has 0 aliphatic heterocycles. The minimum absolute atomic E-state index is 0.00652. The summed E-state index contributed by atoms with van der Waals surface area (Å²) in [4.78, 5) is 12.9. The third kappa shape index (κ3) is 2.54. The number of aryl methyl sites for hydroxylation is 2. The number of carbonyl (C=O) groups excluding carboxylic acids is 1. The van der Waals surface area contributed by atoms with Gasteiger partial charge in [-0.15, -0.1) is 0 Å². The maximum absolute atomic E-state index is 13.2. The second-order valence-corrected chi connectivity index (χ2v) is 7.06. The van der Waals surface area contributed by atoms with Crippen LogP contribution in [0.4, 0.5) is 4.39 Å². The molecular formula is C18H22FN3O. The first-order valence-electron chi connectivity index (χ1n) is 7.80. The summed E-state index contributed by atoms with van der Waals surface area (Å²) in [5.41, 5.74) is 2.06. The smallest absolute Gasteiger partial charge is 0.231 e. The molecule has 0 spiro atoms. The molecule has 122 valence electrons. The number of halogens is 1. The number of rotatable bonds is 4. The molecule has 1 saturated carbocycles. The Balaban J connectivity index is 1.81. The summed E-state index contributed by atoms with van der Waals surface area (Å²) in [5.74, 6) is -0.291. The molecule has 5 heteroatoms. The van der Waals surface area contributed by atoms with Crippen LogP contribution in [0.15, 0.2) is 30.3 Å². The van der Waals surface area contributed by atoms with Crippen LogP contribution in [0.25, 0.3) is 0 Å². The molecule has 1 heterocycles. The number of nitrogens with one attached hydrogen (secondary N) is 1. The van der Waals surface area contributed by atoms with Gasteiger partial charge in [-0.25, -0.2) is 4.39 Å². The van der Waals surface area contributed by atoms with Gasteiger partial charge in [-0.2, -0.15) is 5.10 Å². The van der Waals surface area contributed by atoms with Crippen molar-refractivity contribution in [2.45, 2.75) is 39.2 Å². The van der Waals surface area contributed by atoms with Crippen molar-refractivity contribution in [1.29, 1.82) is 0 Å². The highest BCUT2D eigenvalue weighted by molar-refractivity contribution is 5.93. The van der Waals surface area contributed by atoms with Gasteiger partial charge in [-0.3, -0.25) is 9.48 Å². The van der Waals surface area contributed by atoms with Gasteiger partial charge < -0.3 is 5.32 Å². The zero-order valence-corrected chi connectivity index (χ0v) is 14.0. The molecule has 0 saturated heterocycles. The van der Waals surface area contributed by atoms with Crippen molar-refractivity contribution in [1.82, 2.24) is 15.1 Å². The molecular weight excluding hydrogens is 293 g/mol. The zero-order chi connectivity index (χ0) is 16.8. The van der Waals surface area contributed by atoms with E-state index in [1.54, 1.807) is 16.8 Å². The fourth-order valence-electron chi connectivity index (χ4n) is 3.52. The third-order valence-corrected chi connectivity index (χ3v) is 4.99. The van der Waals surface area contributed by atoms with Gasteiger partial charge in [-0.05, 0) is 42.5 Å². The summed E-state index contributed by atoms with van der Waals surface area (Å²) in [5, 5.41) is 7.32. The van der Waals surface area contributed by atoms with Gasteiger partial charge in [0.25, 0.3) is 0 Å². The van der Waals surface area contributed by atoms with E-state index in [4.69, 9.17) is 0 Å². The molecule has 1 aliphatic carbocycles. The maximum Gasteiger partial charge on any atom is 0.231 e. The number of aromatic nitrogens is 2. The van der Waals surface area contributed by atoms with E-state index in [-0.39, 0.29) is 17.1 Å². The molecule has 1 atom stereocenters. The van der Waals surface area contributed by atoms with Crippen LogP contribution in [0.2, 0.25) is 0 Å². The Bertz CT molecular complexity index is 748. The van der Waals surface area contributed by atoms with Crippen LogP contribution >= 0.6 is 0 Å². The van der Waals surface area contributed by atoms with Crippen molar-refractivity contribution in [3.63, 3.8) is 0 Å². The van der Waals surface area contributed by atoms with Gasteiger partial charge in [0.1, 0.15) is 5.82 Å². The van der Waals surface area contributed by atoms with E-state index < -0.39 is 5.41 Å². The van der Waals surface area contributed by atoms with Crippen molar-refractivity contribution in [3.05, 3.63) is 53.1 Å². The average Bonchev–Trinajstić information content (AvgIpc) is 2.92. The molecule has 1 fully saturated rings. The Morgan fingerprint density at radius 2 is 1.96 bits per heavy atom. The summed E-state index contributed by atoms with van der Waals surface area (Å²) in [7, 11) is 1.87. The first-order valence-corrected chi connectivity index (χ1v) is 7.80. The van der Waals surface area contributed by atoms with Gasteiger partial charge in [0.05, 0.1) is 23.3 Å². The lowest BCUT2D eigenvalue weighted by atomic mass is 9.87. The highest BCUT2D eigenvalue weighted by Gasteiger charge is 2.66. The monoisotopic (exact) mass is 315 g/mol. The van der Waals surface area contributed by atoms with E-state index in [1.807, 2.05) is 20.0 Å². The molecule has 1 amide bonds. The minimum Gasteiger partial charge on any atom is -0.350 e. The van der Waals surface area contributed by atoms with Crippen LogP contribution < -0.4 is 5.32 Å². The zero-order valence-electron chi connectivity index (χ0n) is 14.0. The predicted molar refractivity (Wildman–Crippen MR) is 86.3 cm³/mol. The van der Waals surface area contributed by atoms with Crippen molar-refractivity contribution in [2.75, 3.05) is 0 Å². The summed E-state index contributed by atoms with van der Waals surface area (Å²) in [6.45, 7) is 6.51. The van der Waals surface area contributed by atoms with Gasteiger partial charge in [0, 0.05) is 7.05 Å². The van der Waals surface area contributed by atoms with Crippen LogP contribution in [0.5, 0.6) is 0 Å². The summed E-state index contributed by atoms with van der Waals surface area (Å²) in [6.07, 6.45) is 0.766. The van der Waals surface area contributed by atoms with Gasteiger partial charge >= 0.3 is 0 Å². The highest BCUT2D eigenvalue weighted by atomic mass is 19.1. The Morgan fingerprint density at radius 1 is 1.35 bits per heavy atom. The number of hydrogen-bond donors (Lipinski definition) is 1. The van der Waals surface area contributed by atoms with E-state index in [0.29, 0.717) is 6.54 Å². The second kappa shape index (κ2) is 5.18. The molecule has 2 aromatic rings. The van der Waals surface area contributed by atoms with Crippen molar-refractivity contribution in [2.24, 2.45) is 12.5 Å². The van der Waals surface area contributed by atoms with Crippen LogP contribution in [-0.4, -0.2) is 15.7 Å². The van der Waals surface area contributed by atoms with Gasteiger partial charge in [0.15, 0.2) is 0 Å². The van der Waals surface area contributed by atoms with E-state index in [9.17, 15) is 9.18 Å². The summed E-state index contributed by atoms with van der Waals surface area (Å²) < 4.78 is 15.0. The lowest BCUT2D eigenvalue weighted by Crippen LogP contribution is -2.37. The fourth-order valence-corrected chi connectivity index (χ4v) is 3.52. The van der Waals surface area contributed by atoms with E-state index in [0.717, 1.165) is 23.4 Å². The normalized spacial score (nSPS) is 22.0. The number of amides is 1. The van der Waals surface area contributed by atoms with Crippen LogP contribution in [0.1, 0.15) is 37.2 Å². The van der Waals surface area contributed by atoms with E-state index in [1.165, 1.54) is 12.1 Å². The molecule has 3 rings (SSSR count). The number of carbonyl (C=O) groups is 1. The summed E-state index contributed by atoms with van der Waals surface area (Å²) >= 11 is 0. The number of nitrogens with zero attached hydrogens (tertiary/aromatic N) is 2. The molecule has 1 aliphatic rings. The fraction of sp³-hybridized carbons (Fsp3) is 0.444. The average molecular weight is 315 g/mol. The highest BCUT2D eigenvalue weighted by Crippen LogP contribution is 2.64. The maximum atomic E-state index is 13.2.